The number of carbonyl (C=O) groups excluding carboxylic acids is 2. The summed E-state index contributed by atoms with van der Waals surface area (Å²) >= 11 is 3.41. The van der Waals surface area contributed by atoms with Gasteiger partial charge in [-0.2, -0.15) is 0 Å². The first-order chi connectivity index (χ1) is 13.0. The minimum atomic E-state index is 0.0357. The molecule has 1 aromatic rings. The number of amides is 2. The Labute approximate surface area is 170 Å². The van der Waals surface area contributed by atoms with Crippen LogP contribution >= 0.6 is 15.9 Å². The largest absolute Gasteiger partial charge is 0.339 e. The van der Waals surface area contributed by atoms with Gasteiger partial charge in [-0.25, -0.2) is 0 Å². The molecule has 0 saturated carbocycles. The van der Waals surface area contributed by atoms with E-state index in [4.69, 9.17) is 0 Å². The summed E-state index contributed by atoms with van der Waals surface area (Å²) in [4.78, 5) is 31.0. The van der Waals surface area contributed by atoms with Crippen molar-refractivity contribution in [1.29, 1.82) is 0 Å². The van der Waals surface area contributed by atoms with E-state index in [1.807, 2.05) is 40.1 Å². The molecule has 2 saturated heterocycles. The molecule has 27 heavy (non-hydrogen) atoms. The maximum absolute atomic E-state index is 12.6. The number of carbonyl (C=O) groups is 2. The Kier molecular flexibility index (Phi) is 7.07. The Balaban J connectivity index is 1.44. The molecular weight excluding hydrogens is 406 g/mol. The Morgan fingerprint density at radius 3 is 2.44 bits per heavy atom. The molecule has 2 aliphatic rings. The van der Waals surface area contributed by atoms with Crippen molar-refractivity contribution in [3.05, 3.63) is 40.4 Å². The van der Waals surface area contributed by atoms with Gasteiger partial charge in [0.15, 0.2) is 0 Å². The monoisotopic (exact) mass is 433 g/mol. The minimum absolute atomic E-state index is 0.0357. The fourth-order valence-corrected chi connectivity index (χ4v) is 3.99. The quantitative estimate of drug-likeness (QED) is 0.685. The number of rotatable bonds is 4. The molecule has 0 aromatic heterocycles. The molecule has 3 rings (SSSR count). The second-order valence-electron chi connectivity index (χ2n) is 7.42. The van der Waals surface area contributed by atoms with Crippen LogP contribution in [0.25, 0.3) is 6.08 Å². The van der Waals surface area contributed by atoms with Gasteiger partial charge in [0.25, 0.3) is 0 Å². The van der Waals surface area contributed by atoms with Crippen LogP contribution in [0.15, 0.2) is 34.8 Å². The van der Waals surface area contributed by atoms with Crippen molar-refractivity contribution in [3.63, 3.8) is 0 Å². The van der Waals surface area contributed by atoms with Gasteiger partial charge in [0.2, 0.25) is 11.8 Å². The predicted molar refractivity (Wildman–Crippen MR) is 111 cm³/mol. The number of hydrogen-bond acceptors (Lipinski definition) is 3. The third kappa shape index (κ3) is 5.66. The number of hydrogen-bond donors (Lipinski definition) is 0. The SMILES string of the molecule is CC1CCCCN1C(=O)CN1CCN(C(=O)/C=C/c2ccc(Br)cc2)CC1. The second kappa shape index (κ2) is 9.51. The van der Waals surface area contributed by atoms with Gasteiger partial charge in [-0.05, 0) is 50.0 Å². The van der Waals surface area contributed by atoms with Crippen molar-refractivity contribution in [2.75, 3.05) is 39.3 Å². The Hall–Kier alpha value is -1.66. The summed E-state index contributed by atoms with van der Waals surface area (Å²) in [5.74, 6) is 0.269. The van der Waals surface area contributed by atoms with Crippen LogP contribution in [0.3, 0.4) is 0 Å². The number of likely N-dealkylation sites (tertiary alicyclic amines) is 1. The molecule has 2 amide bonds. The van der Waals surface area contributed by atoms with Crippen molar-refractivity contribution in [3.8, 4) is 0 Å². The van der Waals surface area contributed by atoms with E-state index in [0.717, 1.165) is 42.5 Å². The molecule has 2 aliphatic heterocycles. The van der Waals surface area contributed by atoms with E-state index >= 15 is 0 Å². The number of nitrogens with zero attached hydrogens (tertiary/aromatic N) is 3. The highest BCUT2D eigenvalue weighted by Crippen LogP contribution is 2.17. The molecule has 2 heterocycles. The van der Waals surface area contributed by atoms with E-state index in [2.05, 4.69) is 27.8 Å². The van der Waals surface area contributed by atoms with Gasteiger partial charge in [0, 0.05) is 49.3 Å². The normalized spacial score (nSPS) is 21.6. The van der Waals surface area contributed by atoms with Crippen LogP contribution in [0, 0.1) is 0 Å². The number of benzene rings is 1. The third-order valence-corrected chi connectivity index (χ3v) is 5.98. The smallest absolute Gasteiger partial charge is 0.246 e. The van der Waals surface area contributed by atoms with Crippen molar-refractivity contribution < 1.29 is 9.59 Å². The van der Waals surface area contributed by atoms with Crippen molar-refractivity contribution in [1.82, 2.24) is 14.7 Å². The Morgan fingerprint density at radius 2 is 1.78 bits per heavy atom. The standard InChI is InChI=1S/C21H28BrN3O2/c1-17-4-2-3-11-25(17)21(27)16-23-12-14-24(15-13-23)20(26)10-7-18-5-8-19(22)9-6-18/h5-10,17H,2-4,11-16H2,1H3/b10-7+. The zero-order chi connectivity index (χ0) is 19.2. The summed E-state index contributed by atoms with van der Waals surface area (Å²) in [7, 11) is 0. The summed E-state index contributed by atoms with van der Waals surface area (Å²) < 4.78 is 1.02. The van der Waals surface area contributed by atoms with Gasteiger partial charge in [-0.15, -0.1) is 0 Å². The third-order valence-electron chi connectivity index (χ3n) is 5.45. The van der Waals surface area contributed by atoms with Crippen LogP contribution in [-0.4, -0.2) is 71.8 Å². The Morgan fingerprint density at radius 1 is 1.07 bits per heavy atom. The zero-order valence-corrected chi connectivity index (χ0v) is 17.5. The van der Waals surface area contributed by atoms with Gasteiger partial charge in [0.05, 0.1) is 6.54 Å². The number of halogens is 1. The first-order valence-electron chi connectivity index (χ1n) is 9.77. The summed E-state index contributed by atoms with van der Waals surface area (Å²) in [5.41, 5.74) is 1.01. The maximum Gasteiger partial charge on any atom is 0.246 e. The van der Waals surface area contributed by atoms with E-state index in [0.29, 0.717) is 25.7 Å². The molecule has 1 atom stereocenters. The molecule has 1 unspecified atom stereocenters. The predicted octanol–water partition coefficient (Wildman–Crippen LogP) is 3.01. The fraction of sp³-hybridized carbons (Fsp3) is 0.524. The van der Waals surface area contributed by atoms with Crippen LogP contribution < -0.4 is 0 Å². The van der Waals surface area contributed by atoms with E-state index < -0.39 is 0 Å². The number of piperidine rings is 1. The van der Waals surface area contributed by atoms with Gasteiger partial charge < -0.3 is 9.80 Å². The lowest BCUT2D eigenvalue weighted by Gasteiger charge is -2.37. The first kappa shape index (κ1) is 20.1. The van der Waals surface area contributed by atoms with E-state index in [1.165, 1.54) is 6.42 Å². The molecule has 2 fully saturated rings. The van der Waals surface area contributed by atoms with Crippen molar-refractivity contribution in [2.45, 2.75) is 32.2 Å². The molecule has 5 nitrogen and oxygen atoms in total. The average molecular weight is 434 g/mol. The average Bonchev–Trinajstić information content (AvgIpc) is 2.68. The highest BCUT2D eigenvalue weighted by atomic mass is 79.9. The minimum Gasteiger partial charge on any atom is -0.339 e. The number of piperazine rings is 1. The highest BCUT2D eigenvalue weighted by Gasteiger charge is 2.26. The lowest BCUT2D eigenvalue weighted by Crippen LogP contribution is -2.52. The highest BCUT2D eigenvalue weighted by molar-refractivity contribution is 9.10. The molecule has 6 heteroatoms. The molecule has 0 bridgehead atoms. The second-order valence-corrected chi connectivity index (χ2v) is 8.33. The maximum atomic E-state index is 12.6. The van der Waals surface area contributed by atoms with Crippen LogP contribution in [0.2, 0.25) is 0 Å². The summed E-state index contributed by atoms with van der Waals surface area (Å²) in [5, 5.41) is 0. The summed E-state index contributed by atoms with van der Waals surface area (Å²) in [6, 6.07) is 8.22. The van der Waals surface area contributed by atoms with E-state index in [9.17, 15) is 9.59 Å². The lowest BCUT2D eigenvalue weighted by molar-refractivity contribution is -0.136. The fourth-order valence-electron chi connectivity index (χ4n) is 3.72. The lowest BCUT2D eigenvalue weighted by atomic mass is 10.0. The van der Waals surface area contributed by atoms with Gasteiger partial charge in [0.1, 0.15) is 0 Å². The molecule has 1 aromatic carbocycles. The van der Waals surface area contributed by atoms with E-state index in [1.54, 1.807) is 6.08 Å². The molecular formula is C21H28BrN3O2. The molecule has 0 spiro atoms. The van der Waals surface area contributed by atoms with Crippen molar-refractivity contribution in [2.24, 2.45) is 0 Å². The van der Waals surface area contributed by atoms with E-state index in [-0.39, 0.29) is 11.8 Å². The first-order valence-corrected chi connectivity index (χ1v) is 10.6. The molecule has 0 N–H and O–H groups in total. The Bertz CT molecular complexity index is 681. The zero-order valence-electron chi connectivity index (χ0n) is 15.9. The molecule has 0 radical (unpaired) electrons. The molecule has 146 valence electrons. The molecule has 0 aliphatic carbocycles. The van der Waals surface area contributed by atoms with Crippen LogP contribution in [0.4, 0.5) is 0 Å². The van der Waals surface area contributed by atoms with Crippen LogP contribution in [-0.2, 0) is 9.59 Å². The van der Waals surface area contributed by atoms with Crippen LogP contribution in [0.5, 0.6) is 0 Å². The van der Waals surface area contributed by atoms with Gasteiger partial charge >= 0.3 is 0 Å². The summed E-state index contributed by atoms with van der Waals surface area (Å²) in [6.07, 6.45) is 6.93. The van der Waals surface area contributed by atoms with Gasteiger partial charge in [-0.1, -0.05) is 28.1 Å². The topological polar surface area (TPSA) is 43.9 Å². The summed E-state index contributed by atoms with van der Waals surface area (Å²) in [6.45, 7) is 6.36. The van der Waals surface area contributed by atoms with Crippen molar-refractivity contribution >= 4 is 33.8 Å². The van der Waals surface area contributed by atoms with Crippen LogP contribution in [0.1, 0.15) is 31.7 Å². The van der Waals surface area contributed by atoms with Gasteiger partial charge in [-0.3, -0.25) is 14.5 Å².